The predicted octanol–water partition coefficient (Wildman–Crippen LogP) is 8.83. The topological polar surface area (TPSA) is 139 Å². The Labute approximate surface area is 294 Å². The molecule has 0 bridgehead atoms. The molecule has 1 aliphatic rings. The Morgan fingerprint density at radius 3 is 2.55 bits per heavy atom. The number of halogens is 6. The number of fused-ring (bicyclic) bond motifs is 1. The van der Waals surface area contributed by atoms with Crippen LogP contribution in [0.1, 0.15) is 50.4 Å². The van der Waals surface area contributed by atoms with Crippen LogP contribution in [0.15, 0.2) is 29.6 Å². The van der Waals surface area contributed by atoms with Gasteiger partial charge in [0.1, 0.15) is 51.7 Å². The van der Waals surface area contributed by atoms with E-state index in [1.807, 2.05) is 0 Å². The third-order valence-electron chi connectivity index (χ3n) is 7.96. The summed E-state index contributed by atoms with van der Waals surface area (Å²) in [5.41, 5.74) is 0.798. The average Bonchev–Trinajstić information content (AvgIpc) is 3.30. The summed E-state index contributed by atoms with van der Waals surface area (Å²) in [6.07, 6.45) is -3.37. The van der Waals surface area contributed by atoms with Crippen LogP contribution >= 0.6 is 23.1 Å². The molecule has 5 aromatic rings. The minimum Gasteiger partial charge on any atom is -0.490 e. The van der Waals surface area contributed by atoms with Crippen LogP contribution in [0, 0.1) is 28.8 Å². The van der Waals surface area contributed by atoms with Crippen molar-refractivity contribution in [3.05, 3.63) is 58.5 Å². The number of nitrogens with two attached hydrogens (primary N) is 1. The lowest BCUT2D eigenvalue weighted by atomic mass is 9.91. The molecule has 51 heavy (non-hydrogen) atoms. The van der Waals surface area contributed by atoms with Gasteiger partial charge < -0.3 is 20.1 Å². The van der Waals surface area contributed by atoms with E-state index in [0.29, 0.717) is 23.0 Å². The molecule has 1 amide bonds. The SMILES string of the molecule is CSc1nc2c3c(c(C(F)(F)F)c(-c4cc(F)c(F)c5sc(NC(=O)OC(C)(C)C)c(C#N)c45)c(F)c3n1)OCCN2[C@H](C)c1cccnc1N. The van der Waals surface area contributed by atoms with E-state index >= 15 is 26.3 Å². The van der Waals surface area contributed by atoms with Gasteiger partial charge in [0.25, 0.3) is 0 Å². The van der Waals surface area contributed by atoms with Crippen molar-refractivity contribution in [2.75, 3.05) is 35.4 Å². The largest absolute Gasteiger partial charge is 0.490 e. The summed E-state index contributed by atoms with van der Waals surface area (Å²) in [6.45, 7) is 6.01. The van der Waals surface area contributed by atoms with Crippen LogP contribution in [-0.4, -0.2) is 46.1 Å². The number of benzene rings is 2. The molecule has 266 valence electrons. The van der Waals surface area contributed by atoms with Gasteiger partial charge in [0.05, 0.1) is 28.2 Å². The van der Waals surface area contributed by atoms with Crippen molar-refractivity contribution >= 4 is 66.8 Å². The van der Waals surface area contributed by atoms with Crippen LogP contribution in [0.2, 0.25) is 0 Å². The third kappa shape index (κ3) is 6.29. The summed E-state index contributed by atoms with van der Waals surface area (Å²) in [5.74, 6) is -5.47. The first-order valence-electron chi connectivity index (χ1n) is 15.1. The number of hydrogen-bond donors (Lipinski definition) is 2. The number of nitrogens with zero attached hydrogens (tertiary/aromatic N) is 5. The minimum atomic E-state index is -5.36. The van der Waals surface area contributed by atoms with E-state index in [1.54, 1.807) is 57.1 Å². The third-order valence-corrected chi connectivity index (χ3v) is 9.61. The van der Waals surface area contributed by atoms with Gasteiger partial charge in [-0.2, -0.15) is 18.4 Å². The van der Waals surface area contributed by atoms with E-state index < -0.39 is 90.4 Å². The second kappa shape index (κ2) is 12.9. The molecular formula is C33H27F6N7O3S2. The number of rotatable bonds is 5. The molecule has 0 unspecified atom stereocenters. The van der Waals surface area contributed by atoms with E-state index in [9.17, 15) is 10.1 Å². The fourth-order valence-corrected chi connectivity index (χ4v) is 7.36. The number of carbonyl (C=O) groups is 1. The lowest BCUT2D eigenvalue weighted by Crippen LogP contribution is -2.31. The molecule has 4 heterocycles. The van der Waals surface area contributed by atoms with Gasteiger partial charge in [-0.1, -0.05) is 17.8 Å². The van der Waals surface area contributed by atoms with Crippen LogP contribution in [0.25, 0.3) is 32.1 Å². The number of thiophene rings is 1. The zero-order valence-electron chi connectivity index (χ0n) is 27.4. The van der Waals surface area contributed by atoms with Crippen molar-refractivity contribution in [2.45, 2.75) is 50.7 Å². The van der Waals surface area contributed by atoms with Crippen LogP contribution in [-0.2, 0) is 10.9 Å². The molecule has 0 fully saturated rings. The summed E-state index contributed by atoms with van der Waals surface area (Å²) in [6, 6.07) is 4.80. The fraction of sp³-hybridized carbons (Fsp3) is 0.303. The van der Waals surface area contributed by atoms with Gasteiger partial charge in [0, 0.05) is 22.7 Å². The maximum Gasteiger partial charge on any atom is 0.420 e. The number of ether oxygens (including phenoxy) is 2. The van der Waals surface area contributed by atoms with E-state index in [2.05, 4.69) is 20.3 Å². The molecule has 1 aliphatic heterocycles. The molecule has 0 saturated carbocycles. The number of carbonyl (C=O) groups excluding carboxylic acids is 1. The quantitative estimate of drug-likeness (QED) is 0.102. The monoisotopic (exact) mass is 747 g/mol. The second-order valence-electron chi connectivity index (χ2n) is 12.3. The number of anilines is 3. The second-order valence-corrected chi connectivity index (χ2v) is 14.1. The Hall–Kier alpha value is -5.02. The van der Waals surface area contributed by atoms with Crippen molar-refractivity contribution < 1.29 is 40.6 Å². The molecule has 10 nitrogen and oxygen atoms in total. The Morgan fingerprint density at radius 1 is 1.20 bits per heavy atom. The lowest BCUT2D eigenvalue weighted by molar-refractivity contribution is -0.138. The van der Waals surface area contributed by atoms with Gasteiger partial charge in [0.2, 0.25) is 0 Å². The molecule has 1 atom stereocenters. The van der Waals surface area contributed by atoms with Crippen LogP contribution in [0.5, 0.6) is 5.75 Å². The Morgan fingerprint density at radius 2 is 1.92 bits per heavy atom. The van der Waals surface area contributed by atoms with Crippen molar-refractivity contribution in [3.8, 4) is 22.9 Å². The number of nitrogen functional groups attached to an aromatic ring is 1. The number of amides is 1. The van der Waals surface area contributed by atoms with Crippen molar-refractivity contribution in [1.82, 2.24) is 15.0 Å². The summed E-state index contributed by atoms with van der Waals surface area (Å²) in [7, 11) is 0. The number of aromatic nitrogens is 3. The molecule has 0 saturated heterocycles. The fourth-order valence-electron chi connectivity index (χ4n) is 5.91. The molecular weight excluding hydrogens is 721 g/mol. The molecule has 0 aliphatic carbocycles. The van der Waals surface area contributed by atoms with E-state index in [-0.39, 0.29) is 34.9 Å². The minimum absolute atomic E-state index is 0.0150. The van der Waals surface area contributed by atoms with Gasteiger partial charge in [-0.25, -0.2) is 32.9 Å². The van der Waals surface area contributed by atoms with E-state index in [4.69, 9.17) is 15.2 Å². The number of hydrogen-bond acceptors (Lipinski definition) is 11. The first kappa shape index (κ1) is 35.8. The zero-order valence-corrected chi connectivity index (χ0v) is 29.1. The number of alkyl halides is 3. The van der Waals surface area contributed by atoms with Gasteiger partial charge in [-0.15, -0.1) is 11.3 Å². The highest BCUT2D eigenvalue weighted by atomic mass is 32.2. The van der Waals surface area contributed by atoms with Gasteiger partial charge in [-0.05, 0) is 51.6 Å². The predicted molar refractivity (Wildman–Crippen MR) is 181 cm³/mol. The molecule has 2 aromatic carbocycles. The number of pyridine rings is 1. The number of thioether (sulfide) groups is 1. The van der Waals surface area contributed by atoms with Gasteiger partial charge >= 0.3 is 12.3 Å². The van der Waals surface area contributed by atoms with Gasteiger partial charge in [-0.3, -0.25) is 5.32 Å². The maximum absolute atomic E-state index is 17.1. The van der Waals surface area contributed by atoms with Crippen molar-refractivity contribution in [3.63, 3.8) is 0 Å². The Bertz CT molecular complexity index is 2290. The average molecular weight is 748 g/mol. The number of nitriles is 1. The van der Waals surface area contributed by atoms with Gasteiger partial charge in [0.15, 0.2) is 22.6 Å². The van der Waals surface area contributed by atoms with Crippen molar-refractivity contribution in [2.24, 2.45) is 0 Å². The molecule has 0 spiro atoms. The highest BCUT2D eigenvalue weighted by Gasteiger charge is 2.44. The van der Waals surface area contributed by atoms with E-state index in [1.165, 1.54) is 6.20 Å². The molecule has 0 radical (unpaired) electrons. The first-order valence-corrected chi connectivity index (χ1v) is 17.1. The molecule has 3 aromatic heterocycles. The normalized spacial score (nSPS) is 13.9. The highest BCUT2D eigenvalue weighted by molar-refractivity contribution is 7.98. The summed E-state index contributed by atoms with van der Waals surface area (Å²) < 4.78 is 104. The summed E-state index contributed by atoms with van der Waals surface area (Å²) in [5, 5.41) is 11.1. The van der Waals surface area contributed by atoms with Crippen LogP contribution in [0.4, 0.5) is 47.8 Å². The summed E-state index contributed by atoms with van der Waals surface area (Å²) >= 11 is 1.37. The zero-order chi connectivity index (χ0) is 37.2. The van der Waals surface area contributed by atoms with Crippen molar-refractivity contribution in [1.29, 1.82) is 5.26 Å². The standard InChI is InChI=1S/C33H27F6N7O3S2/c1-13(14-7-6-8-42-27(14)41)46-9-10-48-25-20-24(43-30(50-5)44-28(20)46)23(36)19(21(25)33(37,38)39)15-11-17(34)22(35)26-18(15)16(12-40)29(51-26)45-31(47)49-32(2,3)4/h6-8,11,13H,9-10H2,1-5H3,(H2,41,42)(H,45,47)/t13-/m1/s1. The lowest BCUT2D eigenvalue weighted by Gasteiger charge is -2.30. The molecule has 6 rings (SSSR count). The van der Waals surface area contributed by atoms with Crippen LogP contribution in [0.3, 0.4) is 0 Å². The smallest absolute Gasteiger partial charge is 0.420 e. The van der Waals surface area contributed by atoms with Crippen LogP contribution < -0.4 is 20.7 Å². The first-order chi connectivity index (χ1) is 24.0. The Balaban J connectivity index is 1.71. The summed E-state index contributed by atoms with van der Waals surface area (Å²) in [4.78, 5) is 27.0. The van der Waals surface area contributed by atoms with E-state index in [0.717, 1.165) is 11.8 Å². The molecule has 3 N–H and O–H groups in total. The maximum atomic E-state index is 17.1. The Kier molecular flexibility index (Phi) is 9.09. The molecule has 18 heteroatoms. The highest BCUT2D eigenvalue weighted by Crippen LogP contribution is 2.54. The number of nitrogens with one attached hydrogen (secondary N) is 1.